The van der Waals surface area contributed by atoms with Crippen molar-refractivity contribution in [2.75, 3.05) is 0 Å². The monoisotopic (exact) mass is 360 g/mol. The molecule has 0 spiro atoms. The van der Waals surface area contributed by atoms with E-state index in [1.165, 1.54) is 0 Å². The lowest BCUT2D eigenvalue weighted by molar-refractivity contribution is -0.116. The standard InChI is InChI=1S/C8H16O2.3C4H8O/c1-4-5-8-9-6(2)7(3)10-8;1-4(2)3-5;1-3-4(2)5;1-2-3-4-5/h6-8H,4-5H2,1-3H3;3-4H,1-2H3;3H2,1-2H3;4H,2-3H2,1H3. The molecule has 0 aliphatic carbocycles. The zero-order valence-corrected chi connectivity index (χ0v) is 17.5. The van der Waals surface area contributed by atoms with Gasteiger partial charge in [-0.15, -0.1) is 0 Å². The van der Waals surface area contributed by atoms with E-state index in [0.29, 0.717) is 12.8 Å². The zero-order chi connectivity index (χ0) is 20.3. The normalized spacial score (nSPS) is 20.9. The van der Waals surface area contributed by atoms with Crippen LogP contribution in [0.4, 0.5) is 0 Å². The molecule has 2 atom stereocenters. The van der Waals surface area contributed by atoms with Gasteiger partial charge in [0, 0.05) is 18.8 Å². The first kappa shape index (κ1) is 28.7. The maximum atomic E-state index is 9.81. The molecule has 0 saturated carbocycles. The summed E-state index contributed by atoms with van der Waals surface area (Å²) in [5.74, 6) is 0.458. The lowest BCUT2D eigenvalue weighted by Gasteiger charge is -2.06. The summed E-state index contributed by atoms with van der Waals surface area (Å²) in [5, 5.41) is 0. The van der Waals surface area contributed by atoms with Crippen LogP contribution in [0.5, 0.6) is 0 Å². The van der Waals surface area contributed by atoms with Gasteiger partial charge in [0.1, 0.15) is 18.4 Å². The van der Waals surface area contributed by atoms with Gasteiger partial charge >= 0.3 is 0 Å². The second kappa shape index (κ2) is 21.0. The molecule has 1 aliphatic rings. The quantitative estimate of drug-likeness (QED) is 0.639. The van der Waals surface area contributed by atoms with E-state index in [4.69, 9.17) is 9.47 Å². The van der Waals surface area contributed by atoms with Gasteiger partial charge in [-0.05, 0) is 33.6 Å². The molecule has 1 aliphatic heterocycles. The van der Waals surface area contributed by atoms with Crippen molar-refractivity contribution in [2.24, 2.45) is 5.92 Å². The third kappa shape index (κ3) is 25.3. The average Bonchev–Trinajstić information content (AvgIpc) is 2.88. The SMILES string of the molecule is CC(C)C=O.CCC(C)=O.CCCC1OC(C)C(C)O1.CCCC=O. The number of rotatable bonds is 6. The Kier molecular flexibility index (Phi) is 24.1. The first-order valence-corrected chi connectivity index (χ1v) is 9.39. The molecule has 5 nitrogen and oxygen atoms in total. The average molecular weight is 361 g/mol. The Morgan fingerprint density at radius 1 is 1.00 bits per heavy atom. The molecule has 0 N–H and O–H groups in total. The molecule has 0 aromatic rings. The number of Topliss-reactive ketones (excluding diaryl/α,β-unsaturated/α-hetero) is 1. The fourth-order valence-electron chi connectivity index (χ4n) is 1.22. The second-order valence-electron chi connectivity index (χ2n) is 6.29. The first-order valence-electron chi connectivity index (χ1n) is 9.39. The summed E-state index contributed by atoms with van der Waals surface area (Å²) >= 11 is 0. The van der Waals surface area contributed by atoms with Gasteiger partial charge in [0.2, 0.25) is 0 Å². The van der Waals surface area contributed by atoms with E-state index in [-0.39, 0.29) is 30.2 Å². The highest BCUT2D eigenvalue weighted by Gasteiger charge is 2.28. The van der Waals surface area contributed by atoms with Crippen LogP contribution in [0, 0.1) is 5.92 Å². The minimum Gasteiger partial charge on any atom is -0.347 e. The molecule has 0 bridgehead atoms. The van der Waals surface area contributed by atoms with E-state index in [2.05, 4.69) is 20.8 Å². The summed E-state index contributed by atoms with van der Waals surface area (Å²) in [6.07, 6.45) is 6.96. The summed E-state index contributed by atoms with van der Waals surface area (Å²) in [6, 6.07) is 0. The Morgan fingerprint density at radius 2 is 1.40 bits per heavy atom. The number of ketones is 1. The van der Waals surface area contributed by atoms with Crippen LogP contribution in [0.25, 0.3) is 0 Å². The van der Waals surface area contributed by atoms with Crippen LogP contribution in [0.15, 0.2) is 0 Å². The Bertz CT molecular complexity index is 305. The van der Waals surface area contributed by atoms with Crippen molar-refractivity contribution in [3.63, 3.8) is 0 Å². The predicted molar refractivity (Wildman–Crippen MR) is 103 cm³/mol. The Balaban J connectivity index is -0.000000279. The minimum atomic E-state index is 0.0648. The molecule has 5 heteroatoms. The largest absolute Gasteiger partial charge is 0.347 e. The molecule has 2 unspecified atom stereocenters. The fourth-order valence-corrected chi connectivity index (χ4v) is 1.22. The van der Waals surface area contributed by atoms with Gasteiger partial charge < -0.3 is 23.9 Å². The van der Waals surface area contributed by atoms with Gasteiger partial charge in [0.15, 0.2) is 6.29 Å². The molecule has 0 amide bonds. The Labute approximate surface area is 154 Å². The van der Waals surface area contributed by atoms with E-state index < -0.39 is 0 Å². The van der Waals surface area contributed by atoms with Gasteiger partial charge in [-0.1, -0.05) is 41.0 Å². The van der Waals surface area contributed by atoms with Crippen LogP contribution in [0.3, 0.4) is 0 Å². The molecule has 25 heavy (non-hydrogen) atoms. The maximum absolute atomic E-state index is 9.81. The van der Waals surface area contributed by atoms with Crippen molar-refractivity contribution >= 4 is 18.4 Å². The van der Waals surface area contributed by atoms with Gasteiger partial charge in [0.05, 0.1) is 12.2 Å². The van der Waals surface area contributed by atoms with Crippen LogP contribution in [0.1, 0.15) is 87.5 Å². The topological polar surface area (TPSA) is 69.7 Å². The zero-order valence-electron chi connectivity index (χ0n) is 17.5. The summed E-state index contributed by atoms with van der Waals surface area (Å²) in [7, 11) is 0. The van der Waals surface area contributed by atoms with Gasteiger partial charge in [-0.3, -0.25) is 0 Å². The van der Waals surface area contributed by atoms with Crippen LogP contribution < -0.4 is 0 Å². The molecule has 0 aromatic carbocycles. The van der Waals surface area contributed by atoms with Gasteiger partial charge in [0.25, 0.3) is 0 Å². The van der Waals surface area contributed by atoms with E-state index in [9.17, 15) is 14.4 Å². The molecule has 0 radical (unpaired) electrons. The molecule has 150 valence electrons. The molecule has 1 saturated heterocycles. The van der Waals surface area contributed by atoms with E-state index in [0.717, 1.165) is 31.8 Å². The van der Waals surface area contributed by atoms with Crippen molar-refractivity contribution in [1.29, 1.82) is 0 Å². The lowest BCUT2D eigenvalue weighted by atomic mass is 10.3. The van der Waals surface area contributed by atoms with Crippen LogP contribution in [0.2, 0.25) is 0 Å². The summed E-state index contributed by atoms with van der Waals surface area (Å²) in [5.41, 5.74) is 0. The van der Waals surface area contributed by atoms with Crippen LogP contribution in [-0.4, -0.2) is 36.9 Å². The summed E-state index contributed by atoms with van der Waals surface area (Å²) in [6.45, 7) is 15.4. The van der Waals surface area contributed by atoms with E-state index in [1.54, 1.807) is 6.92 Å². The third-order valence-electron chi connectivity index (χ3n) is 3.09. The summed E-state index contributed by atoms with van der Waals surface area (Å²) < 4.78 is 11.0. The van der Waals surface area contributed by atoms with Crippen molar-refractivity contribution in [1.82, 2.24) is 0 Å². The highest BCUT2D eigenvalue weighted by Crippen LogP contribution is 2.20. The van der Waals surface area contributed by atoms with Crippen molar-refractivity contribution < 1.29 is 23.9 Å². The predicted octanol–water partition coefficient (Wildman–Crippen LogP) is 4.75. The fraction of sp³-hybridized carbons (Fsp3) is 0.850. The number of aldehydes is 2. The Morgan fingerprint density at radius 3 is 1.56 bits per heavy atom. The minimum absolute atomic E-state index is 0.0648. The number of carbonyl (C=O) groups excluding carboxylic acids is 3. The number of ether oxygens (including phenoxy) is 2. The third-order valence-corrected chi connectivity index (χ3v) is 3.09. The molecular formula is C20H40O5. The van der Waals surface area contributed by atoms with Gasteiger partial charge in [-0.25, -0.2) is 0 Å². The molecule has 1 fully saturated rings. The maximum Gasteiger partial charge on any atom is 0.158 e. The Hall–Kier alpha value is -1.07. The molecular weight excluding hydrogens is 320 g/mol. The van der Waals surface area contributed by atoms with Crippen LogP contribution >= 0.6 is 0 Å². The van der Waals surface area contributed by atoms with Crippen molar-refractivity contribution in [3.8, 4) is 0 Å². The van der Waals surface area contributed by atoms with Crippen LogP contribution in [-0.2, 0) is 23.9 Å². The number of carbonyl (C=O) groups is 3. The lowest BCUT2D eigenvalue weighted by Crippen LogP contribution is -2.13. The summed E-state index contributed by atoms with van der Waals surface area (Å²) in [4.78, 5) is 28.7. The molecule has 0 aromatic heterocycles. The van der Waals surface area contributed by atoms with Gasteiger partial charge in [-0.2, -0.15) is 0 Å². The second-order valence-corrected chi connectivity index (χ2v) is 6.29. The van der Waals surface area contributed by atoms with E-state index >= 15 is 0 Å². The molecule has 1 heterocycles. The molecule has 1 rings (SSSR count). The number of hydrogen-bond donors (Lipinski definition) is 0. The number of unbranched alkanes of at least 4 members (excludes halogenated alkanes) is 1. The number of hydrogen-bond acceptors (Lipinski definition) is 5. The van der Waals surface area contributed by atoms with E-state index in [1.807, 2.05) is 27.7 Å². The van der Waals surface area contributed by atoms with Crippen molar-refractivity contribution in [3.05, 3.63) is 0 Å². The first-order chi connectivity index (χ1) is 11.7. The highest BCUT2D eigenvalue weighted by atomic mass is 16.7. The smallest absolute Gasteiger partial charge is 0.158 e. The highest BCUT2D eigenvalue weighted by molar-refractivity contribution is 5.74. The van der Waals surface area contributed by atoms with Crippen molar-refractivity contribution in [2.45, 2.75) is 106 Å².